The number of nitrogens with one attached hydrogen (secondary N) is 2. The highest BCUT2D eigenvalue weighted by Gasteiger charge is 2.09. The SMILES string of the molecule is O=C(CCCOc1ccccc1Cl)NCCN1CCNCC1. The monoisotopic (exact) mass is 325 g/mol. The van der Waals surface area contributed by atoms with Crippen molar-refractivity contribution in [2.24, 2.45) is 0 Å². The van der Waals surface area contributed by atoms with E-state index in [-0.39, 0.29) is 5.91 Å². The number of piperazine rings is 1. The lowest BCUT2D eigenvalue weighted by Gasteiger charge is -2.27. The van der Waals surface area contributed by atoms with Crippen LogP contribution in [0.2, 0.25) is 5.02 Å². The molecule has 0 aliphatic carbocycles. The van der Waals surface area contributed by atoms with Gasteiger partial charge in [-0.05, 0) is 18.6 Å². The Morgan fingerprint density at radius 3 is 2.86 bits per heavy atom. The number of halogens is 1. The molecule has 122 valence electrons. The van der Waals surface area contributed by atoms with Crippen LogP contribution >= 0.6 is 11.6 Å². The van der Waals surface area contributed by atoms with Crippen LogP contribution in [-0.2, 0) is 4.79 Å². The van der Waals surface area contributed by atoms with Gasteiger partial charge >= 0.3 is 0 Å². The van der Waals surface area contributed by atoms with E-state index in [1.54, 1.807) is 6.07 Å². The molecule has 2 rings (SSSR count). The molecule has 1 aliphatic heterocycles. The Balaban J connectivity index is 1.51. The van der Waals surface area contributed by atoms with Crippen LogP contribution < -0.4 is 15.4 Å². The summed E-state index contributed by atoms with van der Waals surface area (Å²) in [5.74, 6) is 0.751. The summed E-state index contributed by atoms with van der Waals surface area (Å²) in [5, 5.41) is 6.87. The van der Waals surface area contributed by atoms with Crippen LogP contribution in [0.4, 0.5) is 0 Å². The van der Waals surface area contributed by atoms with Crippen LogP contribution in [0.15, 0.2) is 24.3 Å². The van der Waals surface area contributed by atoms with Gasteiger partial charge in [-0.15, -0.1) is 0 Å². The van der Waals surface area contributed by atoms with Gasteiger partial charge in [0.2, 0.25) is 5.91 Å². The largest absolute Gasteiger partial charge is 0.492 e. The van der Waals surface area contributed by atoms with Crippen molar-refractivity contribution < 1.29 is 9.53 Å². The second-order valence-electron chi connectivity index (χ2n) is 5.32. The van der Waals surface area contributed by atoms with Gasteiger partial charge in [0.15, 0.2) is 0 Å². The van der Waals surface area contributed by atoms with Crippen molar-refractivity contribution in [1.82, 2.24) is 15.5 Å². The van der Waals surface area contributed by atoms with E-state index in [0.717, 1.165) is 32.7 Å². The van der Waals surface area contributed by atoms with E-state index < -0.39 is 0 Å². The maximum atomic E-state index is 11.7. The first-order chi connectivity index (χ1) is 10.8. The predicted octanol–water partition coefficient (Wildman–Crippen LogP) is 1.52. The lowest BCUT2D eigenvalue weighted by molar-refractivity contribution is -0.121. The van der Waals surface area contributed by atoms with E-state index in [9.17, 15) is 4.79 Å². The molecule has 0 unspecified atom stereocenters. The Kier molecular flexibility index (Phi) is 7.49. The van der Waals surface area contributed by atoms with Crippen molar-refractivity contribution in [3.63, 3.8) is 0 Å². The summed E-state index contributed by atoms with van der Waals surface area (Å²) in [6.45, 7) is 6.31. The van der Waals surface area contributed by atoms with Gasteiger partial charge in [-0.25, -0.2) is 0 Å². The molecule has 2 N–H and O–H groups in total. The first kappa shape index (κ1) is 17.1. The van der Waals surface area contributed by atoms with Crippen LogP contribution in [0.25, 0.3) is 0 Å². The van der Waals surface area contributed by atoms with E-state index in [4.69, 9.17) is 16.3 Å². The maximum Gasteiger partial charge on any atom is 0.220 e. The van der Waals surface area contributed by atoms with Crippen LogP contribution in [0, 0.1) is 0 Å². The van der Waals surface area contributed by atoms with E-state index in [1.807, 2.05) is 18.2 Å². The zero-order valence-electron chi connectivity index (χ0n) is 12.8. The number of ether oxygens (including phenoxy) is 1. The molecule has 0 spiro atoms. The minimum atomic E-state index is 0.0814. The van der Waals surface area contributed by atoms with Gasteiger partial charge in [0.25, 0.3) is 0 Å². The molecule has 1 aliphatic rings. The van der Waals surface area contributed by atoms with Crippen molar-refractivity contribution >= 4 is 17.5 Å². The Hall–Kier alpha value is -1.30. The van der Waals surface area contributed by atoms with Crippen LogP contribution in [0.1, 0.15) is 12.8 Å². The predicted molar refractivity (Wildman–Crippen MR) is 88.5 cm³/mol. The van der Waals surface area contributed by atoms with Crippen molar-refractivity contribution in [2.75, 3.05) is 45.9 Å². The van der Waals surface area contributed by atoms with E-state index in [2.05, 4.69) is 15.5 Å². The summed E-state index contributed by atoms with van der Waals surface area (Å²) >= 11 is 5.99. The average molecular weight is 326 g/mol. The molecular weight excluding hydrogens is 302 g/mol. The standard InChI is InChI=1S/C16H24ClN3O2/c17-14-4-1-2-5-15(14)22-13-3-6-16(21)19-9-12-20-10-7-18-8-11-20/h1-2,4-5,18H,3,6-13H2,(H,19,21). The summed E-state index contributed by atoms with van der Waals surface area (Å²) in [5.41, 5.74) is 0. The fraction of sp³-hybridized carbons (Fsp3) is 0.562. The summed E-state index contributed by atoms with van der Waals surface area (Å²) < 4.78 is 5.56. The molecule has 0 bridgehead atoms. The molecule has 1 amide bonds. The number of carbonyl (C=O) groups excluding carboxylic acids is 1. The van der Waals surface area contributed by atoms with Gasteiger partial charge in [0, 0.05) is 45.7 Å². The van der Waals surface area contributed by atoms with Crippen molar-refractivity contribution in [3.8, 4) is 5.75 Å². The molecule has 6 heteroatoms. The highest BCUT2D eigenvalue weighted by Crippen LogP contribution is 2.23. The molecule has 0 atom stereocenters. The Morgan fingerprint density at radius 2 is 2.09 bits per heavy atom. The van der Waals surface area contributed by atoms with Gasteiger partial charge in [0.1, 0.15) is 5.75 Å². The third-order valence-electron chi connectivity index (χ3n) is 3.60. The normalized spacial score (nSPS) is 15.5. The number of nitrogens with zero attached hydrogens (tertiary/aromatic N) is 1. The van der Waals surface area contributed by atoms with Gasteiger partial charge in [0.05, 0.1) is 11.6 Å². The minimum Gasteiger partial charge on any atom is -0.492 e. The third-order valence-corrected chi connectivity index (χ3v) is 3.91. The number of benzene rings is 1. The Labute approximate surface area is 137 Å². The summed E-state index contributed by atoms with van der Waals surface area (Å²) in [6.07, 6.45) is 1.16. The zero-order valence-corrected chi connectivity index (χ0v) is 13.6. The molecule has 1 heterocycles. The van der Waals surface area contributed by atoms with E-state index >= 15 is 0 Å². The lowest BCUT2D eigenvalue weighted by Crippen LogP contribution is -2.46. The lowest BCUT2D eigenvalue weighted by atomic mass is 10.3. The molecule has 22 heavy (non-hydrogen) atoms. The molecule has 0 aromatic heterocycles. The number of hydrogen-bond acceptors (Lipinski definition) is 4. The van der Waals surface area contributed by atoms with Gasteiger partial charge < -0.3 is 15.4 Å². The quantitative estimate of drug-likeness (QED) is 0.712. The molecule has 5 nitrogen and oxygen atoms in total. The van der Waals surface area contributed by atoms with Crippen LogP contribution in [-0.4, -0.2) is 56.7 Å². The first-order valence-corrected chi connectivity index (χ1v) is 8.20. The fourth-order valence-corrected chi connectivity index (χ4v) is 2.54. The second kappa shape index (κ2) is 9.66. The zero-order chi connectivity index (χ0) is 15.6. The van der Waals surface area contributed by atoms with E-state index in [1.165, 1.54) is 0 Å². The van der Waals surface area contributed by atoms with Crippen molar-refractivity contribution in [2.45, 2.75) is 12.8 Å². The summed E-state index contributed by atoms with van der Waals surface area (Å²) in [4.78, 5) is 14.1. The number of rotatable bonds is 8. The van der Waals surface area contributed by atoms with Gasteiger partial charge in [-0.2, -0.15) is 0 Å². The van der Waals surface area contributed by atoms with Gasteiger partial charge in [-0.3, -0.25) is 9.69 Å². The minimum absolute atomic E-state index is 0.0814. The highest BCUT2D eigenvalue weighted by atomic mass is 35.5. The van der Waals surface area contributed by atoms with Gasteiger partial charge in [-0.1, -0.05) is 23.7 Å². The molecule has 1 aromatic rings. The summed E-state index contributed by atoms with van der Waals surface area (Å²) in [7, 11) is 0. The number of carbonyl (C=O) groups is 1. The van der Waals surface area contributed by atoms with Crippen LogP contribution in [0.3, 0.4) is 0 Å². The topological polar surface area (TPSA) is 53.6 Å². The average Bonchev–Trinajstić information content (AvgIpc) is 2.54. The molecule has 0 saturated carbocycles. The van der Waals surface area contributed by atoms with E-state index in [0.29, 0.717) is 36.8 Å². The fourth-order valence-electron chi connectivity index (χ4n) is 2.35. The number of amides is 1. The Bertz CT molecular complexity index is 464. The molecule has 1 fully saturated rings. The molecule has 0 radical (unpaired) electrons. The molecule has 1 aromatic carbocycles. The first-order valence-electron chi connectivity index (χ1n) is 7.83. The number of para-hydroxylation sites is 1. The Morgan fingerprint density at radius 1 is 1.32 bits per heavy atom. The highest BCUT2D eigenvalue weighted by molar-refractivity contribution is 6.32. The smallest absolute Gasteiger partial charge is 0.220 e. The second-order valence-corrected chi connectivity index (χ2v) is 5.73. The van der Waals surface area contributed by atoms with Crippen molar-refractivity contribution in [1.29, 1.82) is 0 Å². The maximum absolute atomic E-state index is 11.7. The summed E-state index contributed by atoms with van der Waals surface area (Å²) in [6, 6.07) is 7.36. The van der Waals surface area contributed by atoms with Crippen LogP contribution in [0.5, 0.6) is 5.75 Å². The molecular formula is C16H24ClN3O2. The van der Waals surface area contributed by atoms with Crippen molar-refractivity contribution in [3.05, 3.63) is 29.3 Å². The third kappa shape index (κ3) is 6.22. The molecule has 1 saturated heterocycles. The number of hydrogen-bond donors (Lipinski definition) is 2.